The maximum atomic E-state index is 13.9. The van der Waals surface area contributed by atoms with E-state index in [9.17, 15) is 4.39 Å². The SMILES string of the molecule is CCCc1[nH]c(Cc2cccc(Cl)c2F)nc(=S)c1Br. The predicted octanol–water partition coefficient (Wildman–Crippen LogP) is 5.24. The molecule has 0 aliphatic rings. The van der Waals surface area contributed by atoms with Crippen molar-refractivity contribution in [2.75, 3.05) is 0 Å². The van der Waals surface area contributed by atoms with Gasteiger partial charge in [0.15, 0.2) is 0 Å². The molecule has 1 heterocycles. The molecule has 0 aliphatic carbocycles. The lowest BCUT2D eigenvalue weighted by molar-refractivity contribution is 0.612. The number of hydrogen-bond acceptors (Lipinski definition) is 2. The number of nitrogens with one attached hydrogen (secondary N) is 1. The van der Waals surface area contributed by atoms with Crippen LogP contribution in [0.2, 0.25) is 5.02 Å². The molecule has 2 aromatic rings. The minimum Gasteiger partial charge on any atom is -0.346 e. The number of aromatic nitrogens is 2. The van der Waals surface area contributed by atoms with Crippen LogP contribution in [0.4, 0.5) is 4.39 Å². The van der Waals surface area contributed by atoms with E-state index < -0.39 is 5.82 Å². The summed E-state index contributed by atoms with van der Waals surface area (Å²) in [6, 6.07) is 4.95. The van der Waals surface area contributed by atoms with Gasteiger partial charge in [-0.25, -0.2) is 9.37 Å². The van der Waals surface area contributed by atoms with Crippen LogP contribution < -0.4 is 0 Å². The van der Waals surface area contributed by atoms with Gasteiger partial charge < -0.3 is 4.98 Å². The van der Waals surface area contributed by atoms with Crippen molar-refractivity contribution in [2.45, 2.75) is 26.2 Å². The van der Waals surface area contributed by atoms with Crippen molar-refractivity contribution in [3.63, 3.8) is 0 Å². The van der Waals surface area contributed by atoms with Crippen LogP contribution in [0.3, 0.4) is 0 Å². The molecule has 1 aromatic carbocycles. The largest absolute Gasteiger partial charge is 0.346 e. The van der Waals surface area contributed by atoms with Crippen molar-refractivity contribution in [1.29, 1.82) is 0 Å². The van der Waals surface area contributed by atoms with Gasteiger partial charge in [0.25, 0.3) is 0 Å². The fraction of sp³-hybridized carbons (Fsp3) is 0.286. The Labute approximate surface area is 135 Å². The molecule has 106 valence electrons. The van der Waals surface area contributed by atoms with E-state index in [1.165, 1.54) is 6.07 Å². The third kappa shape index (κ3) is 3.45. The van der Waals surface area contributed by atoms with Gasteiger partial charge in [-0.15, -0.1) is 0 Å². The number of benzene rings is 1. The Morgan fingerprint density at radius 3 is 2.90 bits per heavy atom. The summed E-state index contributed by atoms with van der Waals surface area (Å²) in [6.45, 7) is 2.08. The van der Waals surface area contributed by atoms with E-state index in [1.807, 2.05) is 0 Å². The Kier molecular flexibility index (Phi) is 5.29. The molecule has 0 radical (unpaired) electrons. The van der Waals surface area contributed by atoms with Crippen LogP contribution in [0, 0.1) is 10.5 Å². The molecule has 0 spiro atoms. The smallest absolute Gasteiger partial charge is 0.145 e. The molecule has 0 fully saturated rings. The minimum absolute atomic E-state index is 0.118. The van der Waals surface area contributed by atoms with Gasteiger partial charge in [0.1, 0.15) is 16.3 Å². The second kappa shape index (κ2) is 6.78. The van der Waals surface area contributed by atoms with Gasteiger partial charge in [-0.2, -0.15) is 0 Å². The normalized spacial score (nSPS) is 10.8. The maximum Gasteiger partial charge on any atom is 0.145 e. The first kappa shape index (κ1) is 15.6. The Bertz CT molecular complexity index is 687. The average molecular weight is 376 g/mol. The van der Waals surface area contributed by atoms with Gasteiger partial charge in [-0.3, -0.25) is 0 Å². The van der Waals surface area contributed by atoms with Gasteiger partial charge >= 0.3 is 0 Å². The monoisotopic (exact) mass is 374 g/mol. The first-order valence-corrected chi connectivity index (χ1v) is 7.81. The zero-order valence-corrected chi connectivity index (χ0v) is 14.0. The topological polar surface area (TPSA) is 28.7 Å². The number of nitrogens with zero attached hydrogens (tertiary/aromatic N) is 1. The Balaban J connectivity index is 2.39. The quantitative estimate of drug-likeness (QED) is 0.741. The van der Waals surface area contributed by atoms with Gasteiger partial charge in [0.2, 0.25) is 0 Å². The standard InChI is InChI=1S/C14H13BrClFN2S/c1-2-4-10-12(15)14(20)19-11(18-10)7-8-5-3-6-9(16)13(8)17/h3,5-6H,2,4,7H2,1H3,(H,18,19,20). The Morgan fingerprint density at radius 1 is 1.45 bits per heavy atom. The summed E-state index contributed by atoms with van der Waals surface area (Å²) in [5, 5.41) is 0.118. The van der Waals surface area contributed by atoms with E-state index in [-0.39, 0.29) is 5.02 Å². The average Bonchev–Trinajstić information content (AvgIpc) is 2.41. The Morgan fingerprint density at radius 2 is 2.20 bits per heavy atom. The summed E-state index contributed by atoms with van der Waals surface area (Å²) in [5.41, 5.74) is 1.49. The lowest BCUT2D eigenvalue weighted by atomic mass is 10.1. The fourth-order valence-electron chi connectivity index (χ4n) is 1.93. The molecule has 2 rings (SSSR count). The van der Waals surface area contributed by atoms with Crippen molar-refractivity contribution in [1.82, 2.24) is 9.97 Å². The molecule has 6 heteroatoms. The highest BCUT2D eigenvalue weighted by molar-refractivity contribution is 9.10. The maximum absolute atomic E-state index is 13.9. The van der Waals surface area contributed by atoms with E-state index in [0.29, 0.717) is 22.4 Å². The second-order valence-corrected chi connectivity index (χ2v) is 6.01. The summed E-state index contributed by atoms with van der Waals surface area (Å²) in [7, 11) is 0. The van der Waals surface area contributed by atoms with E-state index in [4.69, 9.17) is 23.8 Å². The highest BCUT2D eigenvalue weighted by atomic mass is 79.9. The van der Waals surface area contributed by atoms with Crippen LogP contribution in [0.25, 0.3) is 0 Å². The number of halogens is 3. The van der Waals surface area contributed by atoms with Crippen LogP contribution in [0.15, 0.2) is 22.7 Å². The summed E-state index contributed by atoms with van der Waals surface area (Å²) < 4.78 is 15.2. The van der Waals surface area contributed by atoms with Gasteiger partial charge in [-0.1, -0.05) is 49.3 Å². The van der Waals surface area contributed by atoms with Crippen molar-refractivity contribution >= 4 is 39.7 Å². The summed E-state index contributed by atoms with van der Waals surface area (Å²) >= 11 is 14.4. The fourth-order valence-corrected chi connectivity index (χ4v) is 2.74. The molecule has 20 heavy (non-hydrogen) atoms. The molecule has 0 saturated carbocycles. The van der Waals surface area contributed by atoms with Crippen molar-refractivity contribution < 1.29 is 4.39 Å². The van der Waals surface area contributed by atoms with E-state index in [1.54, 1.807) is 12.1 Å². The van der Waals surface area contributed by atoms with E-state index in [0.717, 1.165) is 23.0 Å². The Hall–Kier alpha value is -0.780. The van der Waals surface area contributed by atoms with Crippen molar-refractivity contribution in [3.05, 3.63) is 55.2 Å². The van der Waals surface area contributed by atoms with Crippen LogP contribution >= 0.6 is 39.7 Å². The summed E-state index contributed by atoms with van der Waals surface area (Å²) in [6.07, 6.45) is 2.18. The molecule has 1 N–H and O–H groups in total. The second-order valence-electron chi connectivity index (χ2n) is 4.42. The zero-order chi connectivity index (χ0) is 14.7. The highest BCUT2D eigenvalue weighted by Gasteiger charge is 2.10. The zero-order valence-electron chi connectivity index (χ0n) is 10.8. The van der Waals surface area contributed by atoms with Crippen LogP contribution in [0.5, 0.6) is 0 Å². The van der Waals surface area contributed by atoms with Crippen molar-refractivity contribution in [2.24, 2.45) is 0 Å². The molecule has 1 aromatic heterocycles. The number of rotatable bonds is 4. The van der Waals surface area contributed by atoms with Crippen LogP contribution in [-0.2, 0) is 12.8 Å². The van der Waals surface area contributed by atoms with E-state index >= 15 is 0 Å². The molecular weight excluding hydrogens is 363 g/mol. The first-order chi connectivity index (χ1) is 9.52. The molecule has 0 unspecified atom stereocenters. The molecule has 0 saturated heterocycles. The van der Waals surface area contributed by atoms with Gasteiger partial charge in [0, 0.05) is 12.1 Å². The third-order valence-corrected chi connectivity index (χ3v) is 4.58. The third-order valence-electron chi connectivity index (χ3n) is 2.87. The number of hydrogen-bond donors (Lipinski definition) is 1. The van der Waals surface area contributed by atoms with Gasteiger partial charge in [0.05, 0.1) is 9.50 Å². The highest BCUT2D eigenvalue weighted by Crippen LogP contribution is 2.22. The molecule has 0 aliphatic heterocycles. The lowest BCUT2D eigenvalue weighted by Crippen LogP contribution is -2.04. The lowest BCUT2D eigenvalue weighted by Gasteiger charge is -2.09. The van der Waals surface area contributed by atoms with Gasteiger partial charge in [-0.05, 0) is 34.0 Å². The first-order valence-electron chi connectivity index (χ1n) is 6.23. The van der Waals surface area contributed by atoms with Crippen molar-refractivity contribution in [3.8, 4) is 0 Å². The number of aromatic amines is 1. The molecule has 0 atom stereocenters. The predicted molar refractivity (Wildman–Crippen MR) is 85.3 cm³/mol. The number of aryl methyl sites for hydroxylation is 1. The molecular formula is C14H13BrClFN2S. The van der Waals surface area contributed by atoms with Crippen LogP contribution in [0.1, 0.15) is 30.4 Å². The van der Waals surface area contributed by atoms with E-state index in [2.05, 4.69) is 32.8 Å². The molecule has 2 nitrogen and oxygen atoms in total. The summed E-state index contributed by atoms with van der Waals surface area (Å²) in [4.78, 5) is 7.50. The van der Waals surface area contributed by atoms with Crippen LogP contribution in [-0.4, -0.2) is 9.97 Å². The molecule has 0 amide bonds. The molecule has 0 bridgehead atoms. The summed E-state index contributed by atoms with van der Waals surface area (Å²) in [5.74, 6) is 0.234. The number of H-pyrrole nitrogens is 1. The minimum atomic E-state index is -0.407.